The number of anilines is 2. The monoisotopic (exact) mass is 547 g/mol. The quantitative estimate of drug-likeness (QED) is 0.312. The Morgan fingerprint density at radius 1 is 1.10 bits per heavy atom. The lowest BCUT2D eigenvalue weighted by Gasteiger charge is -2.25. The van der Waals surface area contributed by atoms with Crippen LogP contribution in [0.4, 0.5) is 20.2 Å². The first-order chi connectivity index (χ1) is 19.3. The molecule has 3 N–H and O–H groups in total. The van der Waals surface area contributed by atoms with Gasteiger partial charge in [0.1, 0.15) is 11.6 Å². The van der Waals surface area contributed by atoms with Gasteiger partial charge in [0.25, 0.3) is 11.8 Å². The van der Waals surface area contributed by atoms with Crippen LogP contribution in [0, 0.1) is 18.6 Å². The van der Waals surface area contributed by atoms with Gasteiger partial charge in [-0.1, -0.05) is 26.0 Å². The van der Waals surface area contributed by atoms with Crippen LogP contribution < -0.4 is 10.6 Å². The van der Waals surface area contributed by atoms with Crippen molar-refractivity contribution in [2.45, 2.75) is 40.2 Å². The minimum absolute atomic E-state index is 0.0113. The van der Waals surface area contributed by atoms with Crippen molar-refractivity contribution in [2.24, 2.45) is 0 Å². The maximum absolute atomic E-state index is 15.1. The first-order valence-electron chi connectivity index (χ1n) is 13.9. The molecule has 40 heavy (non-hydrogen) atoms. The lowest BCUT2D eigenvalue weighted by Crippen LogP contribution is -2.38. The molecular weight excluding hydrogens is 512 g/mol. The molecule has 2 aliphatic heterocycles. The standard InChI is InChI=1S/C31H35F2N5O2/c1-4-37(5-2)13-14-38-12-6-7-25-29(31(38)40)19(3)26(35-25)16-23-22-15-24(33)28(17-27(22)36-30(23)39)34-18-20-8-10-21(32)11-9-20/h8-11,15-17,34-35H,4-7,12-14,18H2,1-3H3,(H,36,39). The van der Waals surface area contributed by atoms with Gasteiger partial charge in [-0.3, -0.25) is 9.59 Å². The van der Waals surface area contributed by atoms with Crippen molar-refractivity contribution in [1.82, 2.24) is 14.8 Å². The summed E-state index contributed by atoms with van der Waals surface area (Å²) in [5.41, 5.74) is 5.37. The number of likely N-dealkylation sites (N-methyl/N-ethyl adjacent to an activating group) is 1. The van der Waals surface area contributed by atoms with Crippen molar-refractivity contribution < 1.29 is 18.4 Å². The Kier molecular flexibility index (Phi) is 8.02. The van der Waals surface area contributed by atoms with Crippen LogP contribution in [0.25, 0.3) is 11.6 Å². The average Bonchev–Trinajstić information content (AvgIpc) is 3.35. The Hall–Kier alpha value is -3.98. The molecule has 210 valence electrons. The number of hydrogen-bond donors (Lipinski definition) is 3. The van der Waals surface area contributed by atoms with Crippen molar-refractivity contribution in [1.29, 1.82) is 0 Å². The molecule has 0 radical (unpaired) electrons. The number of aromatic amines is 1. The van der Waals surface area contributed by atoms with Crippen molar-refractivity contribution in [3.05, 3.63) is 81.7 Å². The third kappa shape index (κ3) is 5.51. The van der Waals surface area contributed by atoms with Gasteiger partial charge >= 0.3 is 0 Å². The van der Waals surface area contributed by atoms with Gasteiger partial charge in [-0.2, -0.15) is 0 Å². The number of carbonyl (C=O) groups is 2. The fraction of sp³-hybridized carbons (Fsp3) is 0.355. The highest BCUT2D eigenvalue weighted by Gasteiger charge is 2.30. The summed E-state index contributed by atoms with van der Waals surface area (Å²) in [5.74, 6) is -1.15. The van der Waals surface area contributed by atoms with Gasteiger partial charge in [0, 0.05) is 43.1 Å². The summed E-state index contributed by atoms with van der Waals surface area (Å²) in [6.45, 7) is 10.6. The summed E-state index contributed by atoms with van der Waals surface area (Å²) in [4.78, 5) is 34.1. The molecule has 5 rings (SSSR count). The number of nitrogens with one attached hydrogen (secondary N) is 3. The molecule has 0 fully saturated rings. The maximum atomic E-state index is 15.1. The van der Waals surface area contributed by atoms with Crippen LogP contribution in [0.3, 0.4) is 0 Å². The third-order valence-electron chi connectivity index (χ3n) is 7.88. The van der Waals surface area contributed by atoms with Crippen LogP contribution in [0.2, 0.25) is 0 Å². The molecule has 3 heterocycles. The molecule has 3 aromatic rings. The summed E-state index contributed by atoms with van der Waals surface area (Å²) in [7, 11) is 0. The average molecular weight is 548 g/mol. The number of H-pyrrole nitrogens is 1. The van der Waals surface area contributed by atoms with Gasteiger partial charge in [0.05, 0.1) is 22.5 Å². The molecule has 2 amide bonds. The molecule has 2 aromatic carbocycles. The van der Waals surface area contributed by atoms with Gasteiger partial charge < -0.3 is 25.4 Å². The highest BCUT2D eigenvalue weighted by molar-refractivity contribution is 6.35. The first kappa shape index (κ1) is 27.6. The van der Waals surface area contributed by atoms with E-state index in [0.717, 1.165) is 49.3 Å². The summed E-state index contributed by atoms with van der Waals surface area (Å²) in [5, 5.41) is 5.85. The molecule has 0 unspecified atom stereocenters. The molecule has 9 heteroatoms. The van der Waals surface area contributed by atoms with Crippen molar-refractivity contribution in [3.63, 3.8) is 0 Å². The van der Waals surface area contributed by atoms with Crippen LogP contribution in [-0.4, -0.2) is 59.3 Å². The van der Waals surface area contributed by atoms with E-state index in [-0.39, 0.29) is 23.3 Å². The second-order valence-corrected chi connectivity index (χ2v) is 10.3. The van der Waals surface area contributed by atoms with E-state index >= 15 is 4.39 Å². The lowest BCUT2D eigenvalue weighted by molar-refractivity contribution is -0.110. The predicted molar refractivity (Wildman–Crippen MR) is 154 cm³/mol. The number of rotatable bonds is 9. The number of halogens is 2. The van der Waals surface area contributed by atoms with E-state index in [1.54, 1.807) is 24.3 Å². The minimum atomic E-state index is -0.499. The van der Waals surface area contributed by atoms with Crippen molar-refractivity contribution in [2.75, 3.05) is 43.4 Å². The zero-order valence-corrected chi connectivity index (χ0v) is 23.2. The number of benzene rings is 2. The molecule has 0 atom stereocenters. The molecule has 0 bridgehead atoms. The Labute approximate surface area is 233 Å². The van der Waals surface area contributed by atoms with Crippen LogP contribution in [-0.2, 0) is 17.8 Å². The van der Waals surface area contributed by atoms with Crippen LogP contribution in [0.1, 0.15) is 58.7 Å². The first-order valence-corrected chi connectivity index (χ1v) is 13.9. The zero-order chi connectivity index (χ0) is 28.4. The molecule has 0 aliphatic carbocycles. The number of aryl methyl sites for hydroxylation is 1. The fourth-order valence-corrected chi connectivity index (χ4v) is 5.46. The smallest absolute Gasteiger partial charge is 0.256 e. The van der Waals surface area contributed by atoms with Crippen LogP contribution in [0.15, 0.2) is 36.4 Å². The van der Waals surface area contributed by atoms with E-state index in [4.69, 9.17) is 0 Å². The number of fused-ring (bicyclic) bond motifs is 2. The summed E-state index contributed by atoms with van der Waals surface area (Å²) < 4.78 is 28.3. The lowest BCUT2D eigenvalue weighted by atomic mass is 10.0. The Morgan fingerprint density at radius 3 is 2.58 bits per heavy atom. The summed E-state index contributed by atoms with van der Waals surface area (Å²) >= 11 is 0. The summed E-state index contributed by atoms with van der Waals surface area (Å²) in [6.07, 6.45) is 3.31. The molecule has 0 saturated carbocycles. The Morgan fingerprint density at radius 2 is 1.85 bits per heavy atom. The molecule has 2 aliphatic rings. The fourth-order valence-electron chi connectivity index (χ4n) is 5.46. The maximum Gasteiger partial charge on any atom is 0.256 e. The Balaban J connectivity index is 1.38. The topological polar surface area (TPSA) is 80.5 Å². The number of hydrogen-bond acceptors (Lipinski definition) is 4. The number of carbonyl (C=O) groups excluding carboxylic acids is 2. The number of amides is 2. The summed E-state index contributed by atoms with van der Waals surface area (Å²) in [6, 6.07) is 8.88. The van der Waals surface area contributed by atoms with E-state index in [1.807, 2.05) is 11.8 Å². The Bertz CT molecular complexity index is 1460. The number of nitrogens with zero attached hydrogens (tertiary/aromatic N) is 2. The third-order valence-corrected chi connectivity index (χ3v) is 7.88. The zero-order valence-electron chi connectivity index (χ0n) is 23.2. The van der Waals surface area contributed by atoms with Gasteiger partial charge in [0.2, 0.25) is 0 Å². The second-order valence-electron chi connectivity index (χ2n) is 10.3. The molecule has 1 aromatic heterocycles. The van der Waals surface area contributed by atoms with Gasteiger partial charge in [-0.25, -0.2) is 8.78 Å². The highest BCUT2D eigenvalue weighted by Crippen LogP contribution is 2.37. The van der Waals surface area contributed by atoms with Crippen LogP contribution in [0.5, 0.6) is 0 Å². The second kappa shape index (κ2) is 11.6. The highest BCUT2D eigenvalue weighted by atomic mass is 19.1. The van der Waals surface area contributed by atoms with Crippen LogP contribution >= 0.6 is 0 Å². The normalized spacial score (nSPS) is 15.8. The predicted octanol–water partition coefficient (Wildman–Crippen LogP) is 5.44. The largest absolute Gasteiger partial charge is 0.379 e. The number of aromatic nitrogens is 1. The molecular formula is C31H35F2N5O2. The van der Waals surface area contributed by atoms with Gasteiger partial charge in [-0.15, -0.1) is 0 Å². The van der Waals surface area contributed by atoms with E-state index in [2.05, 4.69) is 34.4 Å². The SMILES string of the molecule is CCN(CC)CCN1CCCc2[nH]c(C=C3C(=O)Nc4cc(NCc5ccc(F)cc5)c(F)cc43)c(C)c2C1=O. The van der Waals surface area contributed by atoms with E-state index in [9.17, 15) is 14.0 Å². The minimum Gasteiger partial charge on any atom is -0.379 e. The van der Waals surface area contributed by atoms with E-state index < -0.39 is 5.82 Å². The molecule has 7 nitrogen and oxygen atoms in total. The van der Waals surface area contributed by atoms with Gasteiger partial charge in [0.15, 0.2) is 0 Å². The van der Waals surface area contributed by atoms with Gasteiger partial charge in [-0.05, 0) is 74.3 Å². The van der Waals surface area contributed by atoms with E-state index in [1.165, 1.54) is 18.2 Å². The van der Waals surface area contributed by atoms with E-state index in [0.29, 0.717) is 47.7 Å². The molecule has 0 saturated heterocycles. The van der Waals surface area contributed by atoms with Crippen molar-refractivity contribution >= 4 is 34.8 Å². The molecule has 0 spiro atoms. The van der Waals surface area contributed by atoms with Crippen molar-refractivity contribution in [3.8, 4) is 0 Å².